The number of fused-ring (bicyclic) bond motifs is 3. The molecule has 11 heteroatoms. The van der Waals surface area contributed by atoms with Crippen molar-refractivity contribution in [2.45, 2.75) is 43.3 Å². The first-order chi connectivity index (χ1) is 27.8. The molecule has 0 amide bonds. The Hall–Kier alpha value is -6.43. The minimum absolute atomic E-state index is 0.0824. The van der Waals surface area contributed by atoms with Gasteiger partial charge in [-0.1, -0.05) is 103 Å². The Morgan fingerprint density at radius 3 is 1.82 bits per heavy atom. The summed E-state index contributed by atoms with van der Waals surface area (Å²) in [5, 5.41) is 0. The highest BCUT2D eigenvalue weighted by molar-refractivity contribution is 5.79. The predicted molar refractivity (Wildman–Crippen MR) is 213 cm³/mol. The summed E-state index contributed by atoms with van der Waals surface area (Å²) in [6.07, 6.45) is -1.72. The summed E-state index contributed by atoms with van der Waals surface area (Å²) in [5.41, 5.74) is 4.76. The van der Waals surface area contributed by atoms with Crippen LogP contribution in [-0.2, 0) is 24.5 Å². The summed E-state index contributed by atoms with van der Waals surface area (Å²) in [5.74, 6) is 1.19. The average Bonchev–Trinajstić information content (AvgIpc) is 3.81. The lowest BCUT2D eigenvalue weighted by molar-refractivity contribution is -0.104. The van der Waals surface area contributed by atoms with Gasteiger partial charge >= 0.3 is 11.8 Å². The minimum atomic E-state index is -1.24. The van der Waals surface area contributed by atoms with E-state index in [2.05, 4.69) is 17.1 Å². The van der Waals surface area contributed by atoms with Gasteiger partial charge in [0.25, 0.3) is 5.56 Å². The number of nitrogens with zero attached hydrogens (tertiary/aromatic N) is 1. The van der Waals surface area contributed by atoms with Gasteiger partial charge in [0, 0.05) is 24.1 Å². The van der Waals surface area contributed by atoms with E-state index in [0.29, 0.717) is 17.1 Å². The summed E-state index contributed by atoms with van der Waals surface area (Å²) in [6.45, 7) is 1.45. The van der Waals surface area contributed by atoms with Crippen molar-refractivity contribution in [1.29, 1.82) is 0 Å². The van der Waals surface area contributed by atoms with Crippen LogP contribution in [0.3, 0.4) is 0 Å². The molecule has 11 nitrogen and oxygen atoms in total. The second-order valence-corrected chi connectivity index (χ2v) is 14.1. The molecule has 0 unspecified atom stereocenters. The summed E-state index contributed by atoms with van der Waals surface area (Å²) in [4.78, 5) is 41.3. The van der Waals surface area contributed by atoms with Gasteiger partial charge in [0.1, 0.15) is 42.6 Å². The Morgan fingerprint density at radius 1 is 0.719 bits per heavy atom. The average molecular weight is 767 g/mol. The Balaban J connectivity index is 1.13. The lowest BCUT2D eigenvalue weighted by Gasteiger charge is -2.39. The number of aromatic amines is 1. The van der Waals surface area contributed by atoms with Crippen molar-refractivity contribution in [3.8, 4) is 22.6 Å². The van der Waals surface area contributed by atoms with Crippen molar-refractivity contribution in [3.05, 3.63) is 188 Å². The van der Waals surface area contributed by atoms with E-state index in [-0.39, 0.29) is 25.6 Å². The second-order valence-electron chi connectivity index (χ2n) is 14.1. The first kappa shape index (κ1) is 37.5. The first-order valence-electron chi connectivity index (χ1n) is 18.8. The lowest BCUT2D eigenvalue weighted by Crippen LogP contribution is -2.41. The Bertz CT molecular complexity index is 2390. The number of hydrogen-bond acceptors (Lipinski definition) is 9. The number of aromatic nitrogens is 2. The van der Waals surface area contributed by atoms with Gasteiger partial charge in [0.05, 0.1) is 20.3 Å². The van der Waals surface area contributed by atoms with Crippen molar-refractivity contribution in [2.24, 2.45) is 0 Å². The summed E-state index contributed by atoms with van der Waals surface area (Å²) < 4.78 is 37.8. The minimum Gasteiger partial charge on any atom is -0.497 e. The number of hydrogen-bond donors (Lipinski definition) is 1. The molecule has 290 valence electrons. The van der Waals surface area contributed by atoms with Crippen molar-refractivity contribution < 1.29 is 33.2 Å². The van der Waals surface area contributed by atoms with E-state index in [4.69, 9.17) is 28.4 Å². The molecule has 1 fully saturated rings. The maximum atomic E-state index is 13.4. The van der Waals surface area contributed by atoms with Gasteiger partial charge in [-0.15, -0.1) is 0 Å². The number of ether oxygens (including phenoxy) is 6. The van der Waals surface area contributed by atoms with Crippen LogP contribution in [0.15, 0.2) is 143 Å². The molecule has 1 aliphatic carbocycles. The van der Waals surface area contributed by atoms with Crippen LogP contribution < -0.4 is 20.7 Å². The van der Waals surface area contributed by atoms with Crippen LogP contribution >= 0.6 is 0 Å². The van der Waals surface area contributed by atoms with Crippen LogP contribution in [0, 0.1) is 6.92 Å². The number of H-pyrrole nitrogens is 1. The van der Waals surface area contributed by atoms with Crippen LogP contribution in [0.5, 0.6) is 11.5 Å². The van der Waals surface area contributed by atoms with Crippen LogP contribution in [0.2, 0.25) is 0 Å². The molecule has 1 saturated heterocycles. The van der Waals surface area contributed by atoms with Crippen molar-refractivity contribution >= 4 is 6.16 Å². The van der Waals surface area contributed by atoms with Gasteiger partial charge in [-0.05, 0) is 70.1 Å². The monoisotopic (exact) mass is 766 g/mol. The maximum absolute atomic E-state index is 13.4. The van der Waals surface area contributed by atoms with Crippen molar-refractivity contribution in [2.75, 3.05) is 27.4 Å². The fourth-order valence-electron chi connectivity index (χ4n) is 7.98. The number of methoxy groups -OCH3 is 2. The molecular weight excluding hydrogens is 725 g/mol. The van der Waals surface area contributed by atoms with E-state index in [1.165, 1.54) is 10.8 Å². The van der Waals surface area contributed by atoms with Crippen LogP contribution in [0.4, 0.5) is 4.79 Å². The fraction of sp³-hybridized carbons (Fsp3) is 0.239. The second kappa shape index (κ2) is 16.0. The van der Waals surface area contributed by atoms with Gasteiger partial charge in [-0.3, -0.25) is 14.3 Å². The van der Waals surface area contributed by atoms with E-state index in [0.717, 1.165) is 38.9 Å². The molecule has 8 rings (SSSR count). The molecule has 3 atom stereocenters. The van der Waals surface area contributed by atoms with Gasteiger partial charge < -0.3 is 28.4 Å². The number of carbonyl (C=O) groups is 1. The number of aryl methyl sites for hydroxylation is 1. The Morgan fingerprint density at radius 2 is 1.25 bits per heavy atom. The number of rotatable bonds is 12. The summed E-state index contributed by atoms with van der Waals surface area (Å²) >= 11 is 0. The maximum Gasteiger partial charge on any atom is 0.508 e. The quantitative estimate of drug-likeness (QED) is 0.0996. The Kier molecular flexibility index (Phi) is 10.5. The highest BCUT2D eigenvalue weighted by Gasteiger charge is 2.47. The van der Waals surface area contributed by atoms with E-state index in [1.807, 2.05) is 115 Å². The molecular formula is C46H42N2O9. The molecule has 5 aromatic carbocycles. The molecule has 2 aliphatic rings. The highest BCUT2D eigenvalue weighted by Crippen LogP contribution is 2.47. The van der Waals surface area contributed by atoms with Gasteiger partial charge in [-0.25, -0.2) is 9.59 Å². The number of nitrogens with one attached hydrogen (secondary N) is 1. The zero-order valence-corrected chi connectivity index (χ0v) is 31.8. The molecule has 57 heavy (non-hydrogen) atoms. The van der Waals surface area contributed by atoms with E-state index < -0.39 is 41.4 Å². The smallest absolute Gasteiger partial charge is 0.497 e. The molecule has 0 saturated carbocycles. The molecule has 1 N–H and O–H groups in total. The number of benzene rings is 5. The van der Waals surface area contributed by atoms with Gasteiger partial charge in [-0.2, -0.15) is 0 Å². The van der Waals surface area contributed by atoms with Gasteiger partial charge in [0.15, 0.2) is 0 Å². The predicted octanol–water partition coefficient (Wildman–Crippen LogP) is 7.49. The summed E-state index contributed by atoms with van der Waals surface area (Å²) in [6, 6.07) is 41.2. The lowest BCUT2D eigenvalue weighted by atomic mass is 9.79. The standard InChI is InChI=1S/C46H42N2O9/c1-29-26-48(44(50)47-43(29)49)42-25-40(41(56-42)28-55-45(51)54-27-39-37-15-9-7-13-35(37)36-14-8-10-16-38(36)39)57-46(30-11-5-4-6-12-30,31-17-21-33(52-2)22-18-31)32-19-23-34(53-3)24-20-32/h4-24,26,39-42H,25,27-28H2,1-3H3,(H,47,49,50)/t40-,41+,42+/m0/s1. The SMILES string of the molecule is COc1ccc(C(O[C@H]2C[C@H](n3cc(C)c(=O)[nH]c3=O)O[C@@H]2COC(=O)OCC2c3ccccc3-c3ccccc32)(c2ccccc2)c2ccc(OC)cc2)cc1. The van der Waals surface area contributed by atoms with Gasteiger partial charge in [0.2, 0.25) is 0 Å². The Labute approximate surface area is 329 Å². The molecule has 1 aliphatic heterocycles. The number of carbonyl (C=O) groups excluding carboxylic acids is 1. The third kappa shape index (κ3) is 7.23. The molecule has 1 aromatic heterocycles. The van der Waals surface area contributed by atoms with E-state index in [1.54, 1.807) is 21.1 Å². The van der Waals surface area contributed by atoms with Crippen LogP contribution in [0.25, 0.3) is 11.1 Å². The molecule has 2 heterocycles. The zero-order chi connectivity index (χ0) is 39.5. The zero-order valence-electron chi connectivity index (χ0n) is 31.8. The third-order valence-electron chi connectivity index (χ3n) is 10.8. The highest BCUT2D eigenvalue weighted by atomic mass is 16.7. The van der Waals surface area contributed by atoms with Crippen molar-refractivity contribution in [1.82, 2.24) is 9.55 Å². The molecule has 6 aromatic rings. The van der Waals surface area contributed by atoms with Crippen molar-refractivity contribution in [3.63, 3.8) is 0 Å². The first-order valence-corrected chi connectivity index (χ1v) is 18.8. The largest absolute Gasteiger partial charge is 0.508 e. The topological polar surface area (TPSA) is 127 Å². The van der Waals surface area contributed by atoms with Crippen LogP contribution in [-0.4, -0.2) is 55.3 Å². The molecule has 0 bridgehead atoms. The van der Waals surface area contributed by atoms with Crippen LogP contribution in [0.1, 0.15) is 51.9 Å². The summed E-state index contributed by atoms with van der Waals surface area (Å²) in [7, 11) is 3.22. The van der Waals surface area contributed by atoms with E-state index >= 15 is 0 Å². The normalized spacial score (nSPS) is 17.4. The van der Waals surface area contributed by atoms with E-state index in [9.17, 15) is 14.4 Å². The third-order valence-corrected chi connectivity index (χ3v) is 10.8. The molecule has 0 spiro atoms. The fourth-order valence-corrected chi connectivity index (χ4v) is 7.98. The molecule has 0 radical (unpaired) electrons.